The Bertz CT molecular complexity index is 794. The Hall–Kier alpha value is 0.360. The number of aryl methyl sites for hydroxylation is 2. The van der Waals surface area contributed by atoms with Gasteiger partial charge in [0.05, 0.1) is 23.3 Å². The SMILES string of the molecule is Cc1cc(Cl)c(I)cc1CO.Cc1cc(Cl)c(I)cc1COC1CCCCO1. The van der Waals surface area contributed by atoms with Crippen LogP contribution in [0.15, 0.2) is 24.3 Å². The highest BCUT2D eigenvalue weighted by Gasteiger charge is 2.14. The quantitative estimate of drug-likeness (QED) is 0.362. The Morgan fingerprint density at radius 2 is 1.57 bits per heavy atom. The molecule has 1 fully saturated rings. The van der Waals surface area contributed by atoms with E-state index in [-0.39, 0.29) is 12.9 Å². The molecule has 1 atom stereocenters. The van der Waals surface area contributed by atoms with Gasteiger partial charge in [-0.3, -0.25) is 0 Å². The lowest BCUT2D eigenvalue weighted by Crippen LogP contribution is -2.22. The van der Waals surface area contributed by atoms with Crippen LogP contribution >= 0.6 is 68.4 Å². The van der Waals surface area contributed by atoms with Crippen molar-refractivity contribution in [2.45, 2.75) is 52.6 Å². The number of rotatable bonds is 4. The van der Waals surface area contributed by atoms with Crippen molar-refractivity contribution >= 4 is 68.4 Å². The minimum atomic E-state index is -0.0310. The molecule has 1 N–H and O–H groups in total. The zero-order valence-corrected chi connectivity index (χ0v) is 21.7. The van der Waals surface area contributed by atoms with Crippen LogP contribution in [0.3, 0.4) is 0 Å². The summed E-state index contributed by atoms with van der Waals surface area (Å²) in [6.45, 7) is 5.50. The Morgan fingerprint density at radius 1 is 1.00 bits per heavy atom. The summed E-state index contributed by atoms with van der Waals surface area (Å²) in [5, 5.41) is 10.4. The minimum Gasteiger partial charge on any atom is -0.392 e. The van der Waals surface area contributed by atoms with Crippen LogP contribution in [0.25, 0.3) is 0 Å². The molecule has 1 aliphatic heterocycles. The molecule has 1 saturated heterocycles. The molecule has 154 valence electrons. The Kier molecular flexibility index (Phi) is 10.8. The second kappa shape index (κ2) is 12.3. The second-order valence-electron chi connectivity index (χ2n) is 6.65. The van der Waals surface area contributed by atoms with Gasteiger partial charge in [-0.1, -0.05) is 23.2 Å². The van der Waals surface area contributed by atoms with E-state index in [2.05, 4.69) is 58.2 Å². The molecule has 2 aromatic rings. The van der Waals surface area contributed by atoms with Gasteiger partial charge in [-0.2, -0.15) is 0 Å². The van der Waals surface area contributed by atoms with Crippen molar-refractivity contribution in [2.24, 2.45) is 0 Å². The number of hydrogen-bond donors (Lipinski definition) is 1. The lowest BCUT2D eigenvalue weighted by molar-refractivity contribution is -0.169. The topological polar surface area (TPSA) is 38.7 Å². The van der Waals surface area contributed by atoms with Gasteiger partial charge in [0.1, 0.15) is 0 Å². The molecule has 0 saturated carbocycles. The first-order valence-corrected chi connectivity index (χ1v) is 12.0. The summed E-state index contributed by atoms with van der Waals surface area (Å²) in [6, 6.07) is 7.85. The third-order valence-corrected chi connectivity index (χ3v) is 7.54. The first-order valence-electron chi connectivity index (χ1n) is 9.05. The first kappa shape index (κ1) is 24.6. The maximum atomic E-state index is 8.89. The zero-order chi connectivity index (χ0) is 20.7. The van der Waals surface area contributed by atoms with Gasteiger partial charge < -0.3 is 14.6 Å². The molecule has 2 aromatic carbocycles. The van der Waals surface area contributed by atoms with Gasteiger partial charge in [0.15, 0.2) is 6.29 Å². The van der Waals surface area contributed by atoms with E-state index in [0.717, 1.165) is 47.8 Å². The Morgan fingerprint density at radius 3 is 2.11 bits per heavy atom. The van der Waals surface area contributed by atoms with Gasteiger partial charge in [-0.15, -0.1) is 0 Å². The lowest BCUT2D eigenvalue weighted by atomic mass is 10.1. The van der Waals surface area contributed by atoms with Crippen LogP contribution in [-0.2, 0) is 22.7 Å². The first-order chi connectivity index (χ1) is 13.3. The number of hydrogen-bond acceptors (Lipinski definition) is 3. The van der Waals surface area contributed by atoms with Gasteiger partial charge >= 0.3 is 0 Å². The largest absolute Gasteiger partial charge is 0.392 e. The van der Waals surface area contributed by atoms with Gasteiger partial charge in [-0.05, 0) is 125 Å². The summed E-state index contributed by atoms with van der Waals surface area (Å²) in [5.41, 5.74) is 4.34. The molecule has 0 spiro atoms. The van der Waals surface area contributed by atoms with E-state index in [0.29, 0.717) is 6.61 Å². The van der Waals surface area contributed by atoms with Crippen molar-refractivity contribution in [1.82, 2.24) is 0 Å². The third-order valence-electron chi connectivity index (χ3n) is 4.49. The average Bonchev–Trinajstić information content (AvgIpc) is 2.68. The predicted molar refractivity (Wildman–Crippen MR) is 132 cm³/mol. The maximum Gasteiger partial charge on any atom is 0.158 e. The lowest BCUT2D eigenvalue weighted by Gasteiger charge is -2.23. The van der Waals surface area contributed by atoms with E-state index in [1.165, 1.54) is 17.5 Å². The highest BCUT2D eigenvalue weighted by Crippen LogP contribution is 2.25. The van der Waals surface area contributed by atoms with Crippen molar-refractivity contribution in [3.05, 3.63) is 63.7 Å². The molecular formula is C21H24Cl2I2O3. The highest BCUT2D eigenvalue weighted by molar-refractivity contribution is 14.1. The molecular weight excluding hydrogens is 625 g/mol. The van der Waals surface area contributed by atoms with Crippen LogP contribution in [0, 0.1) is 21.0 Å². The molecule has 3 nitrogen and oxygen atoms in total. The van der Waals surface area contributed by atoms with Crippen molar-refractivity contribution in [3.63, 3.8) is 0 Å². The van der Waals surface area contributed by atoms with Crippen LogP contribution < -0.4 is 0 Å². The molecule has 1 heterocycles. The summed E-state index contributed by atoms with van der Waals surface area (Å²) in [5.74, 6) is 0. The Labute approximate surface area is 204 Å². The van der Waals surface area contributed by atoms with Crippen molar-refractivity contribution in [1.29, 1.82) is 0 Å². The fourth-order valence-corrected chi connectivity index (χ4v) is 4.23. The van der Waals surface area contributed by atoms with Crippen LogP contribution in [0.4, 0.5) is 0 Å². The predicted octanol–water partition coefficient (Wildman–Crippen LogP) is 7.04. The molecule has 0 bridgehead atoms. The van der Waals surface area contributed by atoms with Crippen LogP contribution in [0.5, 0.6) is 0 Å². The fraction of sp³-hybridized carbons (Fsp3) is 0.429. The average molecular weight is 649 g/mol. The highest BCUT2D eigenvalue weighted by atomic mass is 127. The van der Waals surface area contributed by atoms with Gasteiger partial charge in [0.2, 0.25) is 0 Å². The standard InChI is InChI=1S/C13H16ClIO2.C8H8ClIO/c1-9-6-11(14)12(15)7-10(9)8-17-13-4-2-3-5-16-13;1-5-2-7(9)8(10)3-6(5)4-11/h6-7,13H,2-5,8H2,1H3;2-3,11H,4H2,1H3. The van der Waals surface area contributed by atoms with Crippen LogP contribution in [0.2, 0.25) is 10.0 Å². The fourth-order valence-electron chi connectivity index (χ4n) is 2.73. The molecule has 0 aliphatic carbocycles. The number of benzene rings is 2. The number of ether oxygens (including phenoxy) is 2. The maximum absolute atomic E-state index is 8.89. The molecule has 7 heteroatoms. The van der Waals surface area contributed by atoms with E-state index in [1.54, 1.807) is 0 Å². The van der Waals surface area contributed by atoms with Crippen LogP contribution in [-0.4, -0.2) is 18.0 Å². The molecule has 0 amide bonds. The van der Waals surface area contributed by atoms with E-state index in [4.69, 9.17) is 37.8 Å². The van der Waals surface area contributed by atoms with E-state index >= 15 is 0 Å². The van der Waals surface area contributed by atoms with Gasteiger partial charge in [0.25, 0.3) is 0 Å². The number of aliphatic hydroxyl groups excluding tert-OH is 1. The summed E-state index contributed by atoms with van der Waals surface area (Å²) in [6.07, 6.45) is 3.32. The smallest absolute Gasteiger partial charge is 0.158 e. The van der Waals surface area contributed by atoms with Crippen molar-refractivity contribution < 1.29 is 14.6 Å². The monoisotopic (exact) mass is 648 g/mol. The summed E-state index contributed by atoms with van der Waals surface area (Å²) < 4.78 is 13.4. The molecule has 0 aromatic heterocycles. The van der Waals surface area contributed by atoms with E-state index in [1.807, 2.05) is 25.1 Å². The summed E-state index contributed by atoms with van der Waals surface area (Å²) in [7, 11) is 0. The normalized spacial score (nSPS) is 16.5. The van der Waals surface area contributed by atoms with Gasteiger partial charge in [-0.25, -0.2) is 0 Å². The van der Waals surface area contributed by atoms with Crippen molar-refractivity contribution in [3.8, 4) is 0 Å². The second-order valence-corrected chi connectivity index (χ2v) is 9.79. The molecule has 28 heavy (non-hydrogen) atoms. The van der Waals surface area contributed by atoms with Crippen molar-refractivity contribution in [2.75, 3.05) is 6.61 Å². The number of halogens is 4. The molecule has 0 radical (unpaired) electrons. The molecule has 1 aliphatic rings. The number of aliphatic hydroxyl groups is 1. The summed E-state index contributed by atoms with van der Waals surface area (Å²) in [4.78, 5) is 0. The Balaban J connectivity index is 0.000000221. The molecule has 1 unspecified atom stereocenters. The van der Waals surface area contributed by atoms with E-state index in [9.17, 15) is 0 Å². The third kappa shape index (κ3) is 7.56. The zero-order valence-electron chi connectivity index (χ0n) is 15.9. The van der Waals surface area contributed by atoms with Crippen LogP contribution in [0.1, 0.15) is 41.5 Å². The van der Waals surface area contributed by atoms with Gasteiger partial charge in [0, 0.05) is 13.7 Å². The van der Waals surface area contributed by atoms with E-state index < -0.39 is 0 Å². The molecule has 3 rings (SSSR count). The summed E-state index contributed by atoms with van der Waals surface area (Å²) >= 11 is 16.3. The minimum absolute atomic E-state index is 0.0310.